The first kappa shape index (κ1) is 81.5. The van der Waals surface area contributed by atoms with Gasteiger partial charge in [-0.25, -0.2) is 0 Å². The summed E-state index contributed by atoms with van der Waals surface area (Å²) in [7, 11) is 1.36. The third-order valence-electron chi connectivity index (χ3n) is 8.64. The van der Waals surface area contributed by atoms with Gasteiger partial charge in [0.15, 0.2) is 0 Å². The Kier molecular flexibility index (Phi) is 53.1. The lowest BCUT2D eigenvalue weighted by molar-refractivity contribution is -0.140. The van der Waals surface area contributed by atoms with Crippen LogP contribution in [0.25, 0.3) is 0 Å². The zero-order chi connectivity index (χ0) is 61.5. The molecule has 0 aliphatic heterocycles. The summed E-state index contributed by atoms with van der Waals surface area (Å²) >= 11 is 62.8. The number of hydrogen-bond donors (Lipinski definition) is 0. The third-order valence-corrected chi connectivity index (χ3v) is 17.9. The summed E-state index contributed by atoms with van der Waals surface area (Å²) in [6, 6.07) is 41.8. The van der Waals surface area contributed by atoms with Gasteiger partial charge in [-0.05, 0) is 132 Å². The topological polar surface area (TPSA) is 76.4 Å². The highest BCUT2D eigenvalue weighted by Crippen LogP contribution is 2.22. The van der Waals surface area contributed by atoms with Crippen molar-refractivity contribution in [1.82, 2.24) is 0 Å². The number of nitrogens with zero attached hydrogens (tertiary/aromatic N) is 1. The third kappa shape index (κ3) is 53.7. The van der Waals surface area contributed by atoms with E-state index in [1.165, 1.54) is 58.5 Å². The van der Waals surface area contributed by atoms with E-state index in [-0.39, 0.29) is 11.9 Å². The van der Waals surface area contributed by atoms with Crippen LogP contribution in [0.4, 0.5) is 0 Å². The van der Waals surface area contributed by atoms with E-state index in [0.717, 1.165) is 85.2 Å². The fraction of sp³-hybridized carbons (Fsp3) is 0.322. The number of benzene rings is 5. The lowest BCUT2D eigenvalue weighted by Gasteiger charge is -2.01. The van der Waals surface area contributed by atoms with Crippen molar-refractivity contribution >= 4 is 244 Å². The fourth-order valence-corrected chi connectivity index (χ4v) is 10.3. The number of carbonyl (C=O) groups is 2. The van der Waals surface area contributed by atoms with E-state index < -0.39 is 0 Å². The Labute approximate surface area is 566 Å². The summed E-state index contributed by atoms with van der Waals surface area (Å²) in [4.78, 5) is 21.2. The highest BCUT2D eigenvalue weighted by Gasteiger charge is 2.03. The maximum atomic E-state index is 10.8. The summed E-state index contributed by atoms with van der Waals surface area (Å²) in [5, 5.41) is 11.0. The number of aryl methyl sites for hydroxylation is 1. The summed E-state index contributed by atoms with van der Waals surface area (Å²) in [6.45, 7) is 17.8. The average Bonchev–Trinajstić information content (AvgIpc) is 3.43. The number of rotatable bonds is 16. The molecule has 0 saturated carbocycles. The molecule has 5 rings (SSSR count). The Balaban J connectivity index is 0. The van der Waals surface area contributed by atoms with Crippen molar-refractivity contribution in [3.05, 3.63) is 175 Å². The Morgan fingerprint density at radius 1 is 0.481 bits per heavy atom. The number of hydrogen-bond acceptors (Lipinski definition) is 19. The number of thiocarbonyl (C=S) groups is 7. The van der Waals surface area contributed by atoms with Crippen molar-refractivity contribution in [3.8, 4) is 6.07 Å². The van der Waals surface area contributed by atoms with Crippen LogP contribution in [0.5, 0.6) is 0 Å². The predicted octanol–water partition coefficient (Wildman–Crippen LogP) is 21.7. The largest absolute Gasteiger partial charge is 0.468 e. The van der Waals surface area contributed by atoms with Crippen molar-refractivity contribution in [1.29, 1.82) is 5.26 Å². The Morgan fingerprint density at radius 3 is 1.27 bits per heavy atom. The van der Waals surface area contributed by atoms with Gasteiger partial charge in [0.1, 0.15) is 0 Å². The number of thioether (sulfide) groups is 7. The molecule has 0 fully saturated rings. The highest BCUT2D eigenvalue weighted by atomic mass is 35.5. The van der Waals surface area contributed by atoms with E-state index in [1.807, 2.05) is 133 Å². The Hall–Kier alpha value is -1.52. The molecule has 81 heavy (non-hydrogen) atoms. The molecule has 0 atom stereocenters. The molecule has 0 bridgehead atoms. The van der Waals surface area contributed by atoms with E-state index in [4.69, 9.17) is 130 Å². The highest BCUT2D eigenvalue weighted by molar-refractivity contribution is 8.24. The molecule has 0 radical (unpaired) electrons. The van der Waals surface area contributed by atoms with Crippen molar-refractivity contribution in [2.24, 2.45) is 0 Å². The number of carbonyl (C=O) groups excluding carboxylic acids is 2. The van der Waals surface area contributed by atoms with E-state index in [9.17, 15) is 9.59 Å². The minimum atomic E-state index is -0.232. The summed E-state index contributed by atoms with van der Waals surface area (Å²) in [5.41, 5.74) is 8.18. The number of methoxy groups -OCH3 is 1. The van der Waals surface area contributed by atoms with Gasteiger partial charge < -0.3 is 9.47 Å². The quantitative estimate of drug-likeness (QED) is 0.0694. The monoisotopic (exact) mass is 1410 g/mol. The maximum absolute atomic E-state index is 10.8. The van der Waals surface area contributed by atoms with Crippen LogP contribution in [-0.4, -0.2) is 66.5 Å². The molecule has 5 aromatic rings. The van der Waals surface area contributed by atoms with Crippen LogP contribution in [-0.2, 0) is 47.8 Å². The van der Waals surface area contributed by atoms with Crippen LogP contribution in [0.15, 0.2) is 121 Å². The summed E-state index contributed by atoms with van der Waals surface area (Å²) in [5.74, 6) is 4.86. The van der Waals surface area contributed by atoms with Crippen LogP contribution in [0.3, 0.4) is 0 Å². The molecular formula is C59H68Cl3NO4S14. The van der Waals surface area contributed by atoms with Crippen LogP contribution in [0.1, 0.15) is 101 Å². The normalized spacial score (nSPS) is 9.53. The smallest absolute Gasteiger partial charge is 0.316 e. The summed E-state index contributed by atoms with van der Waals surface area (Å²) < 4.78 is 15.6. The number of esters is 2. The second-order valence-electron chi connectivity index (χ2n) is 15.9. The molecule has 5 nitrogen and oxygen atoms in total. The van der Waals surface area contributed by atoms with Gasteiger partial charge in [-0.15, -0.1) is 82.3 Å². The molecule has 0 aliphatic rings. The first-order chi connectivity index (χ1) is 38.3. The van der Waals surface area contributed by atoms with Crippen molar-refractivity contribution in [3.63, 3.8) is 0 Å². The Morgan fingerprint density at radius 2 is 0.877 bits per heavy atom. The Bertz CT molecular complexity index is 2680. The molecule has 0 spiro atoms. The molecule has 0 N–H and O–H groups in total. The fourth-order valence-electron chi connectivity index (χ4n) is 4.74. The molecule has 0 aromatic heterocycles. The number of halogens is 3. The van der Waals surface area contributed by atoms with E-state index in [2.05, 4.69) is 48.1 Å². The second kappa shape index (κ2) is 52.8. The van der Waals surface area contributed by atoms with Gasteiger partial charge in [0, 0.05) is 73.2 Å². The molecule has 0 aliphatic carbocycles. The standard InChI is InChI=1S/C10H9NS2.C10H12S2.3C9H9ClS2.C7H12O2S2.C5H8O2S2/c1-8(12)13-7-10-4-2-9(6-11)3-5-10;1-8-3-5-10(6-4-8)7-12-9(2)11;1-7(11)12-6-8-2-4-9(10)5-3-8;1-7(11)12-6-8-3-2-4-9(10)5-8;1-7(11)12-6-8-4-2-3-5-9(8)10;1-3-4-9-7(8)5-11-6(2)10;1-4(8)9-3-5(6)7-2/h2-5H,7H2,1H3;3-6H,7H2,1-2H3;3*2-5H,6H2,1H3;3-5H2,1-2H3;3H2,1-2H3. The minimum Gasteiger partial charge on any atom is -0.468 e. The van der Waals surface area contributed by atoms with Crippen molar-refractivity contribution in [2.75, 3.05) is 25.2 Å². The van der Waals surface area contributed by atoms with Crippen LogP contribution >= 0.6 is 203 Å². The molecular weight excluding hydrogens is 1340 g/mol. The number of nitriles is 1. The van der Waals surface area contributed by atoms with E-state index in [1.54, 1.807) is 72.7 Å². The zero-order valence-electron chi connectivity index (χ0n) is 46.8. The van der Waals surface area contributed by atoms with Gasteiger partial charge in [0.05, 0.1) is 36.9 Å². The molecule has 0 amide bonds. The predicted molar refractivity (Wildman–Crippen MR) is 399 cm³/mol. The molecule has 438 valence electrons. The van der Waals surface area contributed by atoms with Crippen molar-refractivity contribution in [2.45, 2.75) is 97.5 Å². The molecule has 22 heteroatoms. The van der Waals surface area contributed by atoms with Gasteiger partial charge in [-0.3, -0.25) is 9.59 Å². The van der Waals surface area contributed by atoms with E-state index >= 15 is 0 Å². The van der Waals surface area contributed by atoms with Gasteiger partial charge in [0.2, 0.25) is 0 Å². The van der Waals surface area contributed by atoms with Gasteiger partial charge in [-0.1, -0.05) is 212 Å². The second-order valence-corrected chi connectivity index (χ2v) is 31.6. The maximum Gasteiger partial charge on any atom is 0.316 e. The first-order valence-electron chi connectivity index (χ1n) is 24.2. The molecule has 0 heterocycles. The SMILES string of the molecule is CC(=S)SCc1ccc(C#N)cc1.CC(=S)SCc1ccc(C)cc1.CC(=S)SCc1ccc(Cl)cc1.CC(=S)SCc1cccc(Cl)c1.CC(=S)SCc1ccccc1Cl.CCCOC(=O)CSC(C)=S.COC(=O)CSC(C)=S. The van der Waals surface area contributed by atoms with Gasteiger partial charge in [-0.2, -0.15) is 5.26 Å². The van der Waals surface area contributed by atoms with Crippen LogP contribution < -0.4 is 0 Å². The minimum absolute atomic E-state index is 0.180. The van der Waals surface area contributed by atoms with Gasteiger partial charge >= 0.3 is 11.9 Å². The molecule has 5 aromatic carbocycles. The zero-order valence-corrected chi connectivity index (χ0v) is 60.5. The lowest BCUT2D eigenvalue weighted by Crippen LogP contribution is -2.08. The lowest BCUT2D eigenvalue weighted by atomic mass is 10.2. The molecule has 0 unspecified atom stereocenters. The van der Waals surface area contributed by atoms with E-state index in [0.29, 0.717) is 23.7 Å². The van der Waals surface area contributed by atoms with Crippen molar-refractivity contribution < 1.29 is 19.1 Å². The van der Waals surface area contributed by atoms with Gasteiger partial charge in [0.25, 0.3) is 0 Å². The molecule has 0 saturated heterocycles. The van der Waals surface area contributed by atoms with Crippen LogP contribution in [0, 0.1) is 18.3 Å². The number of ether oxygens (including phenoxy) is 2. The summed E-state index contributed by atoms with van der Waals surface area (Å²) in [6.07, 6.45) is 0.868. The average molecular weight is 1410 g/mol. The van der Waals surface area contributed by atoms with Crippen LogP contribution in [0.2, 0.25) is 15.1 Å². The first-order valence-corrected chi connectivity index (χ1v) is 35.1.